The van der Waals surface area contributed by atoms with Crippen molar-refractivity contribution in [2.24, 2.45) is 11.8 Å². The molecule has 1 amide bonds. The zero-order chi connectivity index (χ0) is 29.1. The van der Waals surface area contributed by atoms with E-state index in [2.05, 4.69) is 34.9 Å². The molecular formula is C33H46N2O5. The van der Waals surface area contributed by atoms with Crippen LogP contribution in [0, 0.1) is 11.8 Å². The molecule has 3 rings (SSSR count). The van der Waals surface area contributed by atoms with Gasteiger partial charge in [-0.1, -0.05) is 60.7 Å². The first-order valence-corrected chi connectivity index (χ1v) is 14.4. The second-order valence-electron chi connectivity index (χ2n) is 11.4. The van der Waals surface area contributed by atoms with Crippen LogP contribution in [0.2, 0.25) is 0 Å². The second-order valence-corrected chi connectivity index (χ2v) is 11.4. The molecule has 0 spiro atoms. The lowest BCUT2D eigenvalue weighted by Crippen LogP contribution is -2.57. The summed E-state index contributed by atoms with van der Waals surface area (Å²) < 4.78 is 11.2. The molecule has 1 heterocycles. The number of benzene rings is 2. The third kappa shape index (κ3) is 8.56. The zero-order valence-corrected chi connectivity index (χ0v) is 24.7. The van der Waals surface area contributed by atoms with Gasteiger partial charge in [0.15, 0.2) is 5.78 Å². The topological polar surface area (TPSA) is 93.7 Å². The number of Topliss-reactive ketones (excluding diaryl/α,β-unsaturated/α-hetero) is 2. The highest BCUT2D eigenvalue weighted by atomic mass is 16.5. The molecule has 218 valence electrons. The molecule has 1 fully saturated rings. The van der Waals surface area contributed by atoms with E-state index in [1.54, 1.807) is 21.1 Å². The fourth-order valence-electron chi connectivity index (χ4n) is 5.48. The lowest BCUT2D eigenvalue weighted by molar-refractivity contribution is -0.140. The Morgan fingerprint density at radius 1 is 0.950 bits per heavy atom. The van der Waals surface area contributed by atoms with Crippen LogP contribution in [0.15, 0.2) is 60.7 Å². The molecule has 0 unspecified atom stereocenters. The number of nitrogens with one attached hydrogen (secondary N) is 2. The van der Waals surface area contributed by atoms with Gasteiger partial charge in [0.2, 0.25) is 5.91 Å². The van der Waals surface area contributed by atoms with Crippen molar-refractivity contribution in [3.8, 4) is 0 Å². The highest BCUT2D eigenvalue weighted by Crippen LogP contribution is 2.31. The molecule has 1 aliphatic rings. The summed E-state index contributed by atoms with van der Waals surface area (Å²) in [5, 5.41) is 6.02. The Labute approximate surface area is 239 Å². The maximum atomic E-state index is 13.8. The standard InChI is InChI=1S/C33H46N2O5/c1-23(34-4)30(37)22-28(26-18-20-40-21-19-26)32(38)35-31(33(2,3)39-5)29(36)17-16-27(24-12-8-6-9-13-24)25-14-10-7-11-15-25/h6-15,23,26-28,31,34H,16-22H2,1-5H3,(H,35,38)/t23-,28-,31+/m0/s1. The summed E-state index contributed by atoms with van der Waals surface area (Å²) in [5.74, 6) is -0.840. The van der Waals surface area contributed by atoms with Crippen molar-refractivity contribution in [2.45, 2.75) is 76.5 Å². The summed E-state index contributed by atoms with van der Waals surface area (Å²) in [7, 11) is 3.29. The van der Waals surface area contributed by atoms with Crippen LogP contribution in [0.1, 0.15) is 69.9 Å². The van der Waals surface area contributed by atoms with E-state index >= 15 is 0 Å². The van der Waals surface area contributed by atoms with Crippen molar-refractivity contribution in [3.63, 3.8) is 0 Å². The molecule has 0 bridgehead atoms. The van der Waals surface area contributed by atoms with Crippen LogP contribution in [-0.2, 0) is 23.9 Å². The van der Waals surface area contributed by atoms with Gasteiger partial charge >= 0.3 is 0 Å². The van der Waals surface area contributed by atoms with Crippen LogP contribution in [0.3, 0.4) is 0 Å². The van der Waals surface area contributed by atoms with Crippen LogP contribution in [0.4, 0.5) is 0 Å². The van der Waals surface area contributed by atoms with Crippen LogP contribution in [-0.4, -0.2) is 62.5 Å². The molecule has 3 atom stereocenters. The predicted molar refractivity (Wildman–Crippen MR) is 157 cm³/mol. The largest absolute Gasteiger partial charge is 0.381 e. The Morgan fingerprint density at radius 3 is 2.00 bits per heavy atom. The molecule has 0 aliphatic carbocycles. The van der Waals surface area contributed by atoms with E-state index in [1.165, 1.54) is 0 Å². The summed E-state index contributed by atoms with van der Waals surface area (Å²) in [6.45, 7) is 6.57. The number of ketones is 2. The number of likely N-dealkylation sites (N-methyl/N-ethyl adjacent to an activating group) is 1. The fourth-order valence-corrected chi connectivity index (χ4v) is 5.48. The number of carbonyl (C=O) groups is 3. The SMILES string of the molecule is CN[C@@H](C)C(=O)C[C@H](C(=O)N[C@H](C(=O)CCC(c1ccccc1)c1ccccc1)C(C)(C)OC)C1CCOCC1. The zero-order valence-electron chi connectivity index (χ0n) is 24.7. The van der Waals surface area contributed by atoms with Crippen molar-refractivity contribution in [1.29, 1.82) is 0 Å². The van der Waals surface area contributed by atoms with Crippen LogP contribution in [0.25, 0.3) is 0 Å². The lowest BCUT2D eigenvalue weighted by Gasteiger charge is -2.36. The van der Waals surface area contributed by atoms with Crippen LogP contribution in [0.5, 0.6) is 0 Å². The molecule has 40 heavy (non-hydrogen) atoms. The highest BCUT2D eigenvalue weighted by molar-refractivity contribution is 5.93. The second kappa shape index (κ2) is 15.2. The Kier molecular flexibility index (Phi) is 12.0. The van der Waals surface area contributed by atoms with E-state index < -0.39 is 17.6 Å². The average molecular weight is 551 g/mol. The Morgan fingerprint density at radius 2 is 1.50 bits per heavy atom. The van der Waals surface area contributed by atoms with Crippen LogP contribution >= 0.6 is 0 Å². The maximum Gasteiger partial charge on any atom is 0.224 e. The molecule has 2 aromatic rings. The fraction of sp³-hybridized carbons (Fsp3) is 0.545. The quantitative estimate of drug-likeness (QED) is 0.334. The first-order chi connectivity index (χ1) is 19.2. The summed E-state index contributed by atoms with van der Waals surface area (Å²) >= 11 is 0. The smallest absolute Gasteiger partial charge is 0.224 e. The number of ether oxygens (including phenoxy) is 2. The number of rotatable bonds is 15. The molecule has 0 radical (unpaired) electrons. The van der Waals surface area contributed by atoms with Gasteiger partial charge in [0.1, 0.15) is 11.8 Å². The van der Waals surface area contributed by atoms with Crippen molar-refractivity contribution >= 4 is 17.5 Å². The van der Waals surface area contributed by atoms with Gasteiger partial charge in [0.05, 0.1) is 11.6 Å². The molecule has 1 aliphatic heterocycles. The van der Waals surface area contributed by atoms with Gasteiger partial charge in [0, 0.05) is 45.0 Å². The van der Waals surface area contributed by atoms with Gasteiger partial charge in [-0.3, -0.25) is 14.4 Å². The van der Waals surface area contributed by atoms with Crippen molar-refractivity contribution in [1.82, 2.24) is 10.6 Å². The van der Waals surface area contributed by atoms with Gasteiger partial charge in [-0.25, -0.2) is 0 Å². The minimum atomic E-state index is -0.926. The van der Waals surface area contributed by atoms with Gasteiger partial charge in [-0.15, -0.1) is 0 Å². The molecule has 0 saturated carbocycles. The third-order valence-electron chi connectivity index (χ3n) is 8.42. The molecule has 1 saturated heterocycles. The Balaban J connectivity index is 1.81. The highest BCUT2D eigenvalue weighted by Gasteiger charge is 2.40. The lowest BCUT2D eigenvalue weighted by atomic mass is 9.80. The predicted octanol–water partition coefficient (Wildman–Crippen LogP) is 4.69. The normalized spacial score (nSPS) is 16.8. The summed E-state index contributed by atoms with van der Waals surface area (Å²) in [6.07, 6.45) is 2.41. The number of carbonyl (C=O) groups excluding carboxylic acids is 3. The molecular weight excluding hydrogens is 504 g/mol. The summed E-state index contributed by atoms with van der Waals surface area (Å²) in [6, 6.07) is 19.2. The minimum Gasteiger partial charge on any atom is -0.381 e. The van der Waals surface area contributed by atoms with Crippen molar-refractivity contribution < 1.29 is 23.9 Å². The van der Waals surface area contributed by atoms with E-state index in [0.717, 1.165) is 11.1 Å². The van der Waals surface area contributed by atoms with Gasteiger partial charge < -0.3 is 20.1 Å². The first-order valence-electron chi connectivity index (χ1n) is 14.4. The van der Waals surface area contributed by atoms with E-state index in [9.17, 15) is 14.4 Å². The monoisotopic (exact) mass is 550 g/mol. The van der Waals surface area contributed by atoms with Gasteiger partial charge in [0.25, 0.3) is 0 Å². The van der Waals surface area contributed by atoms with E-state index in [-0.39, 0.29) is 48.2 Å². The number of hydrogen-bond acceptors (Lipinski definition) is 6. The van der Waals surface area contributed by atoms with E-state index in [0.29, 0.717) is 32.5 Å². The van der Waals surface area contributed by atoms with Gasteiger partial charge in [-0.05, 0) is 64.1 Å². The summed E-state index contributed by atoms with van der Waals surface area (Å²) in [4.78, 5) is 40.5. The molecule has 2 N–H and O–H groups in total. The number of methoxy groups -OCH3 is 1. The van der Waals surface area contributed by atoms with E-state index in [1.807, 2.05) is 50.2 Å². The molecule has 7 nitrogen and oxygen atoms in total. The molecule has 2 aromatic carbocycles. The van der Waals surface area contributed by atoms with Crippen molar-refractivity contribution in [2.75, 3.05) is 27.4 Å². The number of hydrogen-bond donors (Lipinski definition) is 2. The maximum absolute atomic E-state index is 13.8. The molecule has 0 aromatic heterocycles. The third-order valence-corrected chi connectivity index (χ3v) is 8.42. The molecule has 7 heteroatoms. The van der Waals surface area contributed by atoms with Gasteiger partial charge in [-0.2, -0.15) is 0 Å². The van der Waals surface area contributed by atoms with Crippen LogP contribution < -0.4 is 10.6 Å². The van der Waals surface area contributed by atoms with E-state index in [4.69, 9.17) is 9.47 Å². The minimum absolute atomic E-state index is 0.0171. The first kappa shape index (κ1) is 31.7. The Bertz CT molecular complexity index is 1040. The Hall–Kier alpha value is -2.87. The number of amides is 1. The average Bonchev–Trinajstić information content (AvgIpc) is 2.99. The summed E-state index contributed by atoms with van der Waals surface area (Å²) in [5.41, 5.74) is 1.36. The van der Waals surface area contributed by atoms with Crippen molar-refractivity contribution in [3.05, 3.63) is 71.8 Å².